The van der Waals surface area contributed by atoms with Crippen molar-refractivity contribution in [3.8, 4) is 5.88 Å². The maximum absolute atomic E-state index is 7.11. The molecule has 290 valence electrons. The molecule has 11 heteroatoms. The molecule has 3 heterocycles. The van der Waals surface area contributed by atoms with Crippen molar-refractivity contribution in [1.29, 1.82) is 0 Å². The van der Waals surface area contributed by atoms with Crippen LogP contribution >= 0.6 is 0 Å². The van der Waals surface area contributed by atoms with Gasteiger partial charge in [0.25, 0.3) is 0 Å². The number of nitrogens with one attached hydrogen (secondary N) is 1. The van der Waals surface area contributed by atoms with Crippen molar-refractivity contribution in [2.45, 2.75) is 116 Å². The Morgan fingerprint density at radius 2 is 1.42 bits per heavy atom. The fourth-order valence-electron chi connectivity index (χ4n) is 6.68. The van der Waals surface area contributed by atoms with Crippen LogP contribution in [0.15, 0.2) is 91.3 Å². The predicted octanol–water partition coefficient (Wildman–Crippen LogP) is 11.0. The second-order valence-electron chi connectivity index (χ2n) is 18.0. The topological polar surface area (TPSA) is 92.6 Å². The Labute approximate surface area is 328 Å². The van der Waals surface area contributed by atoms with Crippen molar-refractivity contribution < 1.29 is 18.3 Å². The molecule has 1 saturated heterocycles. The summed E-state index contributed by atoms with van der Waals surface area (Å²) in [6.07, 6.45) is 1.72. The summed E-state index contributed by atoms with van der Waals surface area (Å²) in [5.74, 6) is 0.877. The first-order valence-corrected chi connectivity index (χ1v) is 25.3. The van der Waals surface area contributed by atoms with E-state index in [1.165, 1.54) is 27.1 Å². The van der Waals surface area contributed by atoms with Crippen molar-refractivity contribution >= 4 is 55.3 Å². The molecule has 6 aromatic rings. The molecule has 0 amide bonds. The molecule has 7 rings (SSSR count). The molecule has 0 bridgehead atoms. The average molecular weight is 776 g/mol. The average Bonchev–Trinajstić information content (AvgIpc) is 3.74. The molecule has 1 fully saturated rings. The van der Waals surface area contributed by atoms with Crippen molar-refractivity contribution in [3.05, 3.63) is 102 Å². The number of benzene rings is 4. The van der Waals surface area contributed by atoms with Crippen LogP contribution in [-0.2, 0) is 26.7 Å². The molecular weight excluding hydrogens is 719 g/mol. The minimum atomic E-state index is -2.14. The van der Waals surface area contributed by atoms with Gasteiger partial charge in [-0.25, -0.2) is 4.98 Å². The second kappa shape index (κ2) is 15.1. The van der Waals surface area contributed by atoms with Gasteiger partial charge >= 0.3 is 0 Å². The van der Waals surface area contributed by atoms with Crippen LogP contribution in [0.4, 0.5) is 5.95 Å². The molecule has 9 nitrogen and oxygen atoms in total. The van der Waals surface area contributed by atoms with Crippen LogP contribution in [0.1, 0.15) is 65.3 Å². The van der Waals surface area contributed by atoms with E-state index in [1.807, 2.05) is 41.2 Å². The first-order valence-electron chi connectivity index (χ1n) is 19.5. The lowest BCUT2D eigenvalue weighted by molar-refractivity contribution is -0.0383. The summed E-state index contributed by atoms with van der Waals surface area (Å²) in [4.78, 5) is 14.9. The number of nitrogens with zero attached hydrogens (tertiary/aromatic N) is 4. The number of hydrogen-bond donors (Lipinski definition) is 1. The second-order valence-corrected chi connectivity index (χ2v) is 27.5. The summed E-state index contributed by atoms with van der Waals surface area (Å²) < 4.78 is 29.3. The number of imidazole rings is 1. The number of ether oxygens (including phenoxy) is 2. The highest BCUT2D eigenvalue weighted by Crippen LogP contribution is 2.43. The molecule has 3 atom stereocenters. The van der Waals surface area contributed by atoms with E-state index in [0.717, 1.165) is 5.56 Å². The third-order valence-electron chi connectivity index (χ3n) is 12.1. The van der Waals surface area contributed by atoms with Crippen LogP contribution in [0.5, 0.6) is 5.88 Å². The lowest BCUT2D eigenvalue weighted by Crippen LogP contribution is -2.48. The Morgan fingerprint density at radius 1 is 0.800 bits per heavy atom. The van der Waals surface area contributed by atoms with E-state index < -0.39 is 16.6 Å². The van der Waals surface area contributed by atoms with Gasteiger partial charge in [0.05, 0.1) is 19.0 Å². The van der Waals surface area contributed by atoms with Gasteiger partial charge in [0.15, 0.2) is 27.8 Å². The minimum Gasteiger partial charge on any atom is -0.471 e. The smallest absolute Gasteiger partial charge is 0.247 e. The van der Waals surface area contributed by atoms with Gasteiger partial charge in [-0.15, -0.1) is 0 Å². The number of anilines is 1. The highest BCUT2D eigenvalue weighted by molar-refractivity contribution is 6.74. The summed E-state index contributed by atoms with van der Waals surface area (Å²) in [7, 11) is -4.18. The Kier molecular flexibility index (Phi) is 10.7. The first-order chi connectivity index (χ1) is 26.0. The predicted molar refractivity (Wildman–Crippen MR) is 229 cm³/mol. The molecule has 2 aromatic heterocycles. The maximum atomic E-state index is 7.11. The van der Waals surface area contributed by atoms with E-state index >= 15 is 0 Å². The highest BCUT2D eigenvalue weighted by atomic mass is 28.4. The summed E-state index contributed by atoms with van der Waals surface area (Å²) in [5, 5.41) is 8.48. The molecule has 4 aromatic carbocycles. The van der Waals surface area contributed by atoms with E-state index in [0.29, 0.717) is 49.2 Å². The minimum absolute atomic E-state index is 0.0474. The monoisotopic (exact) mass is 775 g/mol. The molecule has 0 aliphatic carbocycles. The van der Waals surface area contributed by atoms with Gasteiger partial charge in [-0.1, -0.05) is 120 Å². The third kappa shape index (κ3) is 8.22. The molecule has 0 radical (unpaired) electrons. The summed E-state index contributed by atoms with van der Waals surface area (Å²) in [6.45, 7) is 24.2. The van der Waals surface area contributed by atoms with Crippen LogP contribution in [0.25, 0.3) is 32.7 Å². The Balaban J connectivity index is 1.24. The van der Waals surface area contributed by atoms with E-state index in [-0.39, 0.29) is 28.5 Å². The molecule has 0 saturated carbocycles. The molecular formula is C44H57N5O4Si2. The lowest BCUT2D eigenvalue weighted by atomic mass is 9.97. The van der Waals surface area contributed by atoms with Crippen molar-refractivity contribution in [1.82, 2.24) is 19.5 Å². The summed E-state index contributed by atoms with van der Waals surface area (Å²) in [6, 6.07) is 29.4. The molecule has 0 spiro atoms. The zero-order chi connectivity index (χ0) is 39.2. The van der Waals surface area contributed by atoms with Crippen LogP contribution in [0.3, 0.4) is 0 Å². The van der Waals surface area contributed by atoms with Crippen molar-refractivity contribution in [2.75, 3.05) is 11.9 Å². The van der Waals surface area contributed by atoms with Gasteiger partial charge < -0.3 is 23.6 Å². The van der Waals surface area contributed by atoms with Gasteiger partial charge in [-0.05, 0) is 75.0 Å². The van der Waals surface area contributed by atoms with Crippen LogP contribution in [0, 0.1) is 0 Å². The van der Waals surface area contributed by atoms with E-state index in [4.69, 9.17) is 33.3 Å². The van der Waals surface area contributed by atoms with E-state index in [1.54, 1.807) is 0 Å². The Morgan fingerprint density at radius 3 is 2.05 bits per heavy atom. The van der Waals surface area contributed by atoms with Gasteiger partial charge in [-0.2, -0.15) is 9.97 Å². The fraction of sp³-hybridized carbons (Fsp3) is 0.432. The van der Waals surface area contributed by atoms with E-state index in [2.05, 4.69) is 128 Å². The first kappa shape index (κ1) is 39.1. The number of hydrogen-bond acceptors (Lipinski definition) is 8. The van der Waals surface area contributed by atoms with Crippen LogP contribution in [-0.4, -0.2) is 55.0 Å². The van der Waals surface area contributed by atoms with Crippen LogP contribution in [0.2, 0.25) is 36.3 Å². The Hall–Kier alpha value is -4.14. The van der Waals surface area contributed by atoms with Crippen molar-refractivity contribution in [2.24, 2.45) is 0 Å². The maximum Gasteiger partial charge on any atom is 0.247 e. The third-order valence-corrected chi connectivity index (χ3v) is 21.1. The Bertz CT molecular complexity index is 2230. The van der Waals surface area contributed by atoms with E-state index in [9.17, 15) is 0 Å². The highest BCUT2D eigenvalue weighted by Gasteiger charge is 2.47. The summed E-state index contributed by atoms with van der Waals surface area (Å²) >= 11 is 0. The number of rotatable bonds is 12. The van der Waals surface area contributed by atoms with Crippen molar-refractivity contribution in [3.63, 3.8) is 0 Å². The molecule has 1 N–H and O–H groups in total. The van der Waals surface area contributed by atoms with Gasteiger partial charge in [-0.3, -0.25) is 4.57 Å². The van der Waals surface area contributed by atoms with Gasteiger partial charge in [0.1, 0.15) is 18.9 Å². The molecule has 55 heavy (non-hydrogen) atoms. The fourth-order valence-corrected chi connectivity index (χ4v) is 9.05. The SMILES string of the molecule is CC(C)(C)[Si](C)(C)OC[C@H]1OC(n2cnc3c(OCc4ccccc4)nc(NCc4c5ccccc5cc5ccccc45)nc32)C[C@@H]1O[Si](C)(C)C(C)(C)C. The zero-order valence-corrected chi connectivity index (χ0v) is 36.1. The standard InChI is InChI=1S/C44H57N5O4Si2/c1-43(2,3)54(7,8)51-28-37-36(53-55(9,10)44(4,5)6)25-38(52-37)49-29-46-39-40(49)47-42(48-41(39)50-27-30-18-12-11-13-19-30)45-26-35-33-22-16-14-20-31(33)24-32-21-15-17-23-34(32)35/h11-24,29,36-38H,25-28H2,1-10H3,(H,45,47,48)/t36-,37+,38?/m0/s1. The summed E-state index contributed by atoms with van der Waals surface area (Å²) in [5.41, 5.74) is 3.46. The van der Waals surface area contributed by atoms with Gasteiger partial charge in [0, 0.05) is 13.0 Å². The largest absolute Gasteiger partial charge is 0.471 e. The van der Waals surface area contributed by atoms with Gasteiger partial charge in [0.2, 0.25) is 11.8 Å². The molecule has 1 unspecified atom stereocenters. The quantitative estimate of drug-likeness (QED) is 0.0970. The zero-order valence-electron chi connectivity index (χ0n) is 34.1. The van der Waals surface area contributed by atoms with Crippen LogP contribution < -0.4 is 10.1 Å². The number of aromatic nitrogens is 4. The number of fused-ring (bicyclic) bond motifs is 3. The lowest BCUT2D eigenvalue weighted by Gasteiger charge is -2.40. The molecule has 1 aliphatic heterocycles. The normalized spacial score (nSPS) is 18.4. The molecule has 1 aliphatic rings.